The second kappa shape index (κ2) is 6.73. The van der Waals surface area contributed by atoms with Gasteiger partial charge in [-0.25, -0.2) is 0 Å². The Balaban J connectivity index is 2.51. The van der Waals surface area contributed by atoms with Gasteiger partial charge >= 0.3 is 11.9 Å². The van der Waals surface area contributed by atoms with Crippen molar-refractivity contribution < 1.29 is 23.9 Å². The highest BCUT2D eigenvalue weighted by molar-refractivity contribution is 6.06. The van der Waals surface area contributed by atoms with E-state index in [1.165, 1.54) is 14.2 Å². The van der Waals surface area contributed by atoms with Gasteiger partial charge in [-0.1, -0.05) is 30.3 Å². The van der Waals surface area contributed by atoms with Gasteiger partial charge in [0.2, 0.25) is 0 Å². The summed E-state index contributed by atoms with van der Waals surface area (Å²) in [5.41, 5.74) is -0.516. The highest BCUT2D eigenvalue weighted by Crippen LogP contribution is 2.49. The largest absolute Gasteiger partial charge is 0.469 e. The van der Waals surface area contributed by atoms with Crippen LogP contribution in [0.1, 0.15) is 37.2 Å². The molecule has 1 aromatic rings. The molecule has 0 radical (unpaired) electrons. The molecule has 0 spiro atoms. The Hall–Kier alpha value is -2.17. The zero-order valence-corrected chi connectivity index (χ0v) is 12.8. The Morgan fingerprint density at radius 2 is 1.86 bits per heavy atom. The zero-order valence-electron chi connectivity index (χ0n) is 12.8. The van der Waals surface area contributed by atoms with E-state index in [1.807, 2.05) is 30.3 Å². The molecule has 2 unspecified atom stereocenters. The zero-order chi connectivity index (χ0) is 16.2. The first kappa shape index (κ1) is 16.2. The first-order valence-electron chi connectivity index (χ1n) is 7.29. The van der Waals surface area contributed by atoms with Gasteiger partial charge in [-0.2, -0.15) is 0 Å². The van der Waals surface area contributed by atoms with Gasteiger partial charge in [-0.15, -0.1) is 0 Å². The molecule has 22 heavy (non-hydrogen) atoms. The molecule has 2 rings (SSSR count). The topological polar surface area (TPSA) is 69.7 Å². The minimum atomic E-state index is -1.29. The van der Waals surface area contributed by atoms with Gasteiger partial charge in [0.1, 0.15) is 5.41 Å². The predicted molar refractivity (Wildman–Crippen MR) is 79.1 cm³/mol. The maximum Gasteiger partial charge on any atom is 0.319 e. The van der Waals surface area contributed by atoms with Crippen LogP contribution in [0.25, 0.3) is 0 Å². The fraction of sp³-hybridized carbons (Fsp3) is 0.471. The van der Waals surface area contributed by atoms with Crippen LogP contribution in [0.3, 0.4) is 0 Å². The van der Waals surface area contributed by atoms with Gasteiger partial charge < -0.3 is 9.47 Å². The van der Waals surface area contributed by atoms with Crippen LogP contribution < -0.4 is 0 Å². The molecule has 0 saturated heterocycles. The number of carbonyl (C=O) groups excluding carboxylic acids is 3. The van der Waals surface area contributed by atoms with E-state index in [1.54, 1.807) is 0 Å². The van der Waals surface area contributed by atoms with Gasteiger partial charge in [0.15, 0.2) is 5.78 Å². The summed E-state index contributed by atoms with van der Waals surface area (Å²) in [7, 11) is 2.57. The van der Waals surface area contributed by atoms with Crippen LogP contribution >= 0.6 is 0 Å². The van der Waals surface area contributed by atoms with Crippen LogP contribution in [-0.4, -0.2) is 31.9 Å². The minimum absolute atomic E-state index is 0.0264. The lowest BCUT2D eigenvalue weighted by Gasteiger charge is -2.33. The molecular formula is C17H20O5. The third kappa shape index (κ3) is 2.75. The second-order valence-corrected chi connectivity index (χ2v) is 5.48. The second-order valence-electron chi connectivity index (χ2n) is 5.48. The van der Waals surface area contributed by atoms with Crippen LogP contribution in [0.2, 0.25) is 0 Å². The van der Waals surface area contributed by atoms with E-state index >= 15 is 0 Å². The smallest absolute Gasteiger partial charge is 0.319 e. The number of carbonyl (C=O) groups is 3. The fourth-order valence-electron chi connectivity index (χ4n) is 3.31. The normalized spacial score (nSPS) is 22.2. The lowest BCUT2D eigenvalue weighted by atomic mass is 9.68. The number of ether oxygens (including phenoxy) is 2. The highest BCUT2D eigenvalue weighted by atomic mass is 16.5. The number of benzene rings is 1. The van der Waals surface area contributed by atoms with E-state index < -0.39 is 23.3 Å². The molecule has 0 heterocycles. The van der Waals surface area contributed by atoms with Crippen molar-refractivity contribution in [1.29, 1.82) is 0 Å². The molecule has 0 amide bonds. The minimum Gasteiger partial charge on any atom is -0.469 e. The molecule has 1 saturated carbocycles. The van der Waals surface area contributed by atoms with Crippen LogP contribution in [-0.2, 0) is 23.9 Å². The number of hydrogen-bond donors (Lipinski definition) is 0. The molecular weight excluding hydrogens is 284 g/mol. The maximum absolute atomic E-state index is 12.5. The van der Waals surface area contributed by atoms with Crippen molar-refractivity contribution in [3.05, 3.63) is 35.9 Å². The summed E-state index contributed by atoms with van der Waals surface area (Å²) in [6.07, 6.45) is 1.33. The van der Waals surface area contributed by atoms with Gasteiger partial charge in [0.05, 0.1) is 20.6 Å². The highest BCUT2D eigenvalue weighted by Gasteiger charge is 2.56. The van der Waals surface area contributed by atoms with Crippen molar-refractivity contribution >= 4 is 17.7 Å². The summed E-state index contributed by atoms with van der Waals surface area (Å²) < 4.78 is 9.67. The molecule has 5 heteroatoms. The summed E-state index contributed by atoms with van der Waals surface area (Å²) in [4.78, 5) is 36.8. The van der Waals surface area contributed by atoms with Crippen LogP contribution in [0.15, 0.2) is 30.3 Å². The Bertz CT molecular complexity index is 566. The molecule has 0 bridgehead atoms. The Kier molecular flexibility index (Phi) is 4.96. The number of ketones is 1. The first-order valence-corrected chi connectivity index (χ1v) is 7.29. The van der Waals surface area contributed by atoms with Crippen molar-refractivity contribution in [2.24, 2.45) is 5.41 Å². The monoisotopic (exact) mass is 304 g/mol. The molecule has 118 valence electrons. The van der Waals surface area contributed by atoms with Crippen LogP contribution in [0.5, 0.6) is 0 Å². The molecule has 1 aliphatic rings. The number of Topliss-reactive ketones (excluding diaryl/α,β-unsaturated/α-hetero) is 1. The van der Waals surface area contributed by atoms with E-state index in [0.717, 1.165) is 5.56 Å². The van der Waals surface area contributed by atoms with Crippen molar-refractivity contribution in [3.8, 4) is 0 Å². The van der Waals surface area contributed by atoms with E-state index in [-0.39, 0.29) is 12.2 Å². The van der Waals surface area contributed by atoms with E-state index in [4.69, 9.17) is 9.47 Å². The Morgan fingerprint density at radius 1 is 1.18 bits per heavy atom. The van der Waals surface area contributed by atoms with Crippen molar-refractivity contribution in [2.45, 2.75) is 31.6 Å². The van der Waals surface area contributed by atoms with Gasteiger partial charge in [0, 0.05) is 12.3 Å². The molecule has 0 aliphatic heterocycles. The van der Waals surface area contributed by atoms with Crippen LogP contribution in [0.4, 0.5) is 0 Å². The Labute approximate surface area is 129 Å². The number of rotatable bonds is 5. The molecule has 2 atom stereocenters. The summed E-state index contributed by atoms with van der Waals surface area (Å²) in [5, 5.41) is 0. The number of esters is 2. The molecule has 1 fully saturated rings. The maximum atomic E-state index is 12.5. The standard InChI is InChI=1S/C17H20O5/c1-21-15(19)11-13(12-7-4-3-5-8-12)17(16(20)22-2)10-6-9-14(17)18/h3-5,7-8,13H,6,9-11H2,1-2H3. The molecule has 0 aromatic heterocycles. The van der Waals surface area contributed by atoms with Gasteiger partial charge in [-0.05, 0) is 18.4 Å². The summed E-state index contributed by atoms with van der Waals surface area (Å²) in [6, 6.07) is 9.14. The number of hydrogen-bond acceptors (Lipinski definition) is 5. The third-order valence-corrected chi connectivity index (χ3v) is 4.42. The molecule has 1 aromatic carbocycles. The van der Waals surface area contributed by atoms with Crippen LogP contribution in [0, 0.1) is 5.41 Å². The van der Waals surface area contributed by atoms with E-state index in [0.29, 0.717) is 19.3 Å². The summed E-state index contributed by atoms with van der Waals surface area (Å²) in [5.74, 6) is -1.73. The number of methoxy groups -OCH3 is 2. The van der Waals surface area contributed by atoms with E-state index in [9.17, 15) is 14.4 Å². The molecule has 0 N–H and O–H groups in total. The fourth-order valence-corrected chi connectivity index (χ4v) is 3.31. The van der Waals surface area contributed by atoms with Crippen molar-refractivity contribution in [2.75, 3.05) is 14.2 Å². The van der Waals surface area contributed by atoms with Gasteiger partial charge in [-0.3, -0.25) is 14.4 Å². The summed E-state index contributed by atoms with van der Waals surface area (Å²) in [6.45, 7) is 0. The van der Waals surface area contributed by atoms with Gasteiger partial charge in [0.25, 0.3) is 0 Å². The van der Waals surface area contributed by atoms with Crippen molar-refractivity contribution in [1.82, 2.24) is 0 Å². The lowest BCUT2D eigenvalue weighted by Crippen LogP contribution is -2.43. The lowest BCUT2D eigenvalue weighted by molar-refractivity contribution is -0.159. The first-order chi connectivity index (χ1) is 10.6. The van der Waals surface area contributed by atoms with Crippen molar-refractivity contribution in [3.63, 3.8) is 0 Å². The summed E-state index contributed by atoms with van der Waals surface area (Å²) >= 11 is 0. The average molecular weight is 304 g/mol. The predicted octanol–water partition coefficient (Wildman–Crippen LogP) is 2.25. The van der Waals surface area contributed by atoms with E-state index in [2.05, 4.69) is 0 Å². The molecule has 5 nitrogen and oxygen atoms in total. The quantitative estimate of drug-likeness (QED) is 0.616. The average Bonchev–Trinajstić information content (AvgIpc) is 2.94. The molecule has 1 aliphatic carbocycles. The Morgan fingerprint density at radius 3 is 2.36 bits per heavy atom. The third-order valence-electron chi connectivity index (χ3n) is 4.42. The SMILES string of the molecule is COC(=O)CC(c1ccccc1)C1(C(=O)OC)CCCC1=O.